The summed E-state index contributed by atoms with van der Waals surface area (Å²) in [6.07, 6.45) is 1.84. The molecule has 1 atom stereocenters. The van der Waals surface area contributed by atoms with Gasteiger partial charge in [0.05, 0.1) is 0 Å². The maximum atomic E-state index is 12.1. The zero-order chi connectivity index (χ0) is 12.8. The van der Waals surface area contributed by atoms with Gasteiger partial charge in [-0.3, -0.25) is 4.79 Å². The van der Waals surface area contributed by atoms with Crippen LogP contribution in [0.1, 0.15) is 41.3 Å². The van der Waals surface area contributed by atoms with Crippen molar-refractivity contribution in [2.75, 3.05) is 5.88 Å². The van der Waals surface area contributed by atoms with Crippen LogP contribution in [-0.4, -0.2) is 17.8 Å². The molecule has 0 radical (unpaired) electrons. The van der Waals surface area contributed by atoms with Crippen molar-refractivity contribution in [2.24, 2.45) is 0 Å². The Morgan fingerprint density at radius 3 is 2.47 bits per heavy atom. The molecule has 0 aliphatic rings. The second-order valence-electron chi connectivity index (χ2n) is 4.47. The summed E-state index contributed by atoms with van der Waals surface area (Å²) in [4.78, 5) is 12.1. The van der Waals surface area contributed by atoms with E-state index in [4.69, 9.17) is 11.6 Å². The molecule has 1 N–H and O–H groups in total. The lowest BCUT2D eigenvalue weighted by Gasteiger charge is -2.15. The van der Waals surface area contributed by atoms with Crippen molar-refractivity contribution in [2.45, 2.75) is 39.7 Å². The van der Waals surface area contributed by atoms with Gasteiger partial charge in [0, 0.05) is 17.5 Å². The van der Waals surface area contributed by atoms with Gasteiger partial charge < -0.3 is 5.32 Å². The highest BCUT2D eigenvalue weighted by Crippen LogP contribution is 2.13. The zero-order valence-corrected chi connectivity index (χ0v) is 11.5. The minimum absolute atomic E-state index is 0.0164. The minimum atomic E-state index is 0.0164. The van der Waals surface area contributed by atoms with Crippen LogP contribution in [0.5, 0.6) is 0 Å². The summed E-state index contributed by atoms with van der Waals surface area (Å²) in [5.74, 6) is 0.659. The molecule has 94 valence electrons. The normalized spacial score (nSPS) is 12.2. The van der Waals surface area contributed by atoms with Crippen LogP contribution in [0.3, 0.4) is 0 Å². The van der Waals surface area contributed by atoms with Gasteiger partial charge in [-0.05, 0) is 44.7 Å². The van der Waals surface area contributed by atoms with Crippen LogP contribution in [0, 0.1) is 13.8 Å². The highest BCUT2D eigenvalue weighted by molar-refractivity contribution is 6.17. The Morgan fingerprint density at radius 1 is 1.35 bits per heavy atom. The quantitative estimate of drug-likeness (QED) is 0.801. The Kier molecular flexibility index (Phi) is 5.49. The number of aryl methyl sites for hydroxylation is 2. The van der Waals surface area contributed by atoms with Gasteiger partial charge in [-0.1, -0.05) is 18.2 Å². The average Bonchev–Trinajstić information content (AvgIpc) is 2.26. The lowest BCUT2D eigenvalue weighted by molar-refractivity contribution is 0.0937. The highest BCUT2D eigenvalue weighted by Gasteiger charge is 2.13. The Morgan fingerprint density at radius 2 is 1.94 bits per heavy atom. The molecule has 0 spiro atoms. The van der Waals surface area contributed by atoms with E-state index in [-0.39, 0.29) is 11.9 Å². The van der Waals surface area contributed by atoms with Crippen LogP contribution >= 0.6 is 11.6 Å². The van der Waals surface area contributed by atoms with E-state index in [0.717, 1.165) is 29.5 Å². The number of carbonyl (C=O) groups is 1. The number of carbonyl (C=O) groups excluding carboxylic acids is 1. The lowest BCUT2D eigenvalue weighted by Crippen LogP contribution is -2.33. The van der Waals surface area contributed by atoms with E-state index in [1.165, 1.54) is 0 Å². The molecule has 1 aromatic rings. The van der Waals surface area contributed by atoms with E-state index in [2.05, 4.69) is 5.32 Å². The summed E-state index contributed by atoms with van der Waals surface area (Å²) in [5.41, 5.74) is 2.84. The second-order valence-corrected chi connectivity index (χ2v) is 4.85. The standard InChI is InChI=1S/C14H20ClNO/c1-10-6-4-7-11(2)13(10)14(17)16-12(3)8-5-9-15/h4,6-7,12H,5,8-9H2,1-3H3,(H,16,17). The van der Waals surface area contributed by atoms with Gasteiger partial charge in [-0.15, -0.1) is 11.6 Å². The van der Waals surface area contributed by atoms with Crippen LogP contribution in [0.4, 0.5) is 0 Å². The number of benzene rings is 1. The van der Waals surface area contributed by atoms with Gasteiger partial charge in [0.1, 0.15) is 0 Å². The fraction of sp³-hybridized carbons (Fsp3) is 0.500. The van der Waals surface area contributed by atoms with E-state index in [9.17, 15) is 4.79 Å². The molecule has 1 amide bonds. The summed E-state index contributed by atoms with van der Waals surface area (Å²) in [7, 11) is 0. The molecule has 0 aliphatic heterocycles. The minimum Gasteiger partial charge on any atom is -0.350 e. The van der Waals surface area contributed by atoms with Crippen molar-refractivity contribution < 1.29 is 4.79 Å². The summed E-state index contributed by atoms with van der Waals surface area (Å²) in [5, 5.41) is 3.02. The number of halogens is 1. The number of alkyl halides is 1. The molecule has 17 heavy (non-hydrogen) atoms. The molecular weight excluding hydrogens is 234 g/mol. The maximum Gasteiger partial charge on any atom is 0.252 e. The fourth-order valence-corrected chi connectivity index (χ4v) is 2.08. The van der Waals surface area contributed by atoms with Crippen molar-refractivity contribution in [1.29, 1.82) is 0 Å². The first-order chi connectivity index (χ1) is 8.06. The van der Waals surface area contributed by atoms with Gasteiger partial charge in [-0.2, -0.15) is 0 Å². The number of hydrogen-bond donors (Lipinski definition) is 1. The molecule has 0 aromatic heterocycles. The van der Waals surface area contributed by atoms with E-state index >= 15 is 0 Å². The van der Waals surface area contributed by atoms with Gasteiger partial charge in [-0.25, -0.2) is 0 Å². The van der Waals surface area contributed by atoms with Crippen molar-refractivity contribution in [3.63, 3.8) is 0 Å². The Balaban J connectivity index is 2.70. The molecule has 3 heteroatoms. The van der Waals surface area contributed by atoms with Crippen LogP contribution in [0.15, 0.2) is 18.2 Å². The SMILES string of the molecule is Cc1cccc(C)c1C(=O)NC(C)CCCCl. The summed E-state index contributed by atoms with van der Waals surface area (Å²) < 4.78 is 0. The third-order valence-electron chi connectivity index (χ3n) is 2.86. The van der Waals surface area contributed by atoms with Crippen LogP contribution < -0.4 is 5.32 Å². The highest BCUT2D eigenvalue weighted by atomic mass is 35.5. The third kappa shape index (κ3) is 4.04. The first kappa shape index (κ1) is 14.0. The zero-order valence-electron chi connectivity index (χ0n) is 10.7. The molecule has 0 aliphatic carbocycles. The van der Waals surface area contributed by atoms with E-state index in [0.29, 0.717) is 5.88 Å². The maximum absolute atomic E-state index is 12.1. The monoisotopic (exact) mass is 253 g/mol. The van der Waals surface area contributed by atoms with E-state index in [1.54, 1.807) is 0 Å². The van der Waals surface area contributed by atoms with Crippen LogP contribution in [0.25, 0.3) is 0 Å². The molecule has 0 saturated carbocycles. The molecular formula is C14H20ClNO. The first-order valence-corrected chi connectivity index (χ1v) is 6.52. The lowest BCUT2D eigenvalue weighted by atomic mass is 10.0. The number of amides is 1. The van der Waals surface area contributed by atoms with Crippen molar-refractivity contribution in [1.82, 2.24) is 5.32 Å². The molecule has 1 unspecified atom stereocenters. The Bertz CT molecular complexity index is 370. The topological polar surface area (TPSA) is 29.1 Å². The molecule has 0 bridgehead atoms. The van der Waals surface area contributed by atoms with E-state index < -0.39 is 0 Å². The third-order valence-corrected chi connectivity index (χ3v) is 3.12. The Hall–Kier alpha value is -1.02. The van der Waals surface area contributed by atoms with Crippen molar-refractivity contribution >= 4 is 17.5 Å². The molecule has 1 rings (SSSR count). The average molecular weight is 254 g/mol. The molecule has 0 fully saturated rings. The van der Waals surface area contributed by atoms with Crippen molar-refractivity contribution in [3.8, 4) is 0 Å². The largest absolute Gasteiger partial charge is 0.350 e. The molecule has 2 nitrogen and oxygen atoms in total. The molecule has 1 aromatic carbocycles. The second kappa shape index (κ2) is 6.65. The summed E-state index contributed by atoms with van der Waals surface area (Å²) in [6, 6.07) is 6.06. The van der Waals surface area contributed by atoms with E-state index in [1.807, 2.05) is 39.0 Å². The predicted octanol–water partition coefficient (Wildman–Crippen LogP) is 3.44. The number of nitrogens with one attached hydrogen (secondary N) is 1. The number of hydrogen-bond acceptors (Lipinski definition) is 1. The number of rotatable bonds is 5. The first-order valence-electron chi connectivity index (χ1n) is 5.99. The van der Waals surface area contributed by atoms with Gasteiger partial charge in [0.15, 0.2) is 0 Å². The smallest absolute Gasteiger partial charge is 0.252 e. The molecule has 0 heterocycles. The van der Waals surface area contributed by atoms with Crippen LogP contribution in [0.2, 0.25) is 0 Å². The van der Waals surface area contributed by atoms with Gasteiger partial charge >= 0.3 is 0 Å². The summed E-state index contributed by atoms with van der Waals surface area (Å²) >= 11 is 5.64. The van der Waals surface area contributed by atoms with Crippen LogP contribution in [-0.2, 0) is 0 Å². The van der Waals surface area contributed by atoms with Crippen molar-refractivity contribution in [3.05, 3.63) is 34.9 Å². The molecule has 0 saturated heterocycles. The fourth-order valence-electron chi connectivity index (χ4n) is 1.92. The van der Waals surface area contributed by atoms with Gasteiger partial charge in [0.2, 0.25) is 0 Å². The van der Waals surface area contributed by atoms with Gasteiger partial charge in [0.25, 0.3) is 5.91 Å². The Labute approximate surface area is 108 Å². The predicted molar refractivity (Wildman–Crippen MR) is 72.8 cm³/mol. The summed E-state index contributed by atoms with van der Waals surface area (Å²) in [6.45, 7) is 5.94.